The Morgan fingerprint density at radius 2 is 1.52 bits per heavy atom. The van der Waals surface area contributed by atoms with Crippen molar-refractivity contribution in [3.8, 4) is 11.1 Å². The van der Waals surface area contributed by atoms with Crippen molar-refractivity contribution in [3.63, 3.8) is 0 Å². The number of halogens is 1. The lowest BCUT2D eigenvalue weighted by atomic mass is 9.99. The van der Waals surface area contributed by atoms with Gasteiger partial charge in [-0.3, -0.25) is 0 Å². The van der Waals surface area contributed by atoms with E-state index in [4.69, 9.17) is 0 Å². The molecule has 0 amide bonds. The predicted molar refractivity (Wildman–Crippen MR) is 89.1 cm³/mol. The number of aryl methyl sites for hydroxylation is 2. The molecule has 0 radical (unpaired) electrons. The van der Waals surface area contributed by atoms with Gasteiger partial charge in [0.25, 0.3) is 0 Å². The summed E-state index contributed by atoms with van der Waals surface area (Å²) >= 11 is 0. The van der Waals surface area contributed by atoms with E-state index in [0.29, 0.717) is 5.56 Å². The van der Waals surface area contributed by atoms with Gasteiger partial charge in [0.05, 0.1) is 0 Å². The second-order valence-corrected chi connectivity index (χ2v) is 5.68. The zero-order valence-electron chi connectivity index (χ0n) is 13.2. The summed E-state index contributed by atoms with van der Waals surface area (Å²) in [7, 11) is 0. The number of hydrogen-bond donors (Lipinski definition) is 0. The van der Waals surface area contributed by atoms with Gasteiger partial charge in [-0.2, -0.15) is 0 Å². The van der Waals surface area contributed by atoms with Crippen molar-refractivity contribution in [2.24, 2.45) is 0 Å². The van der Waals surface area contributed by atoms with Crippen LogP contribution in [0.3, 0.4) is 0 Å². The van der Waals surface area contributed by atoms with Gasteiger partial charge in [0.2, 0.25) is 0 Å². The molecule has 2 aromatic carbocycles. The molecule has 112 valence electrons. The number of benzene rings is 2. The fourth-order valence-corrected chi connectivity index (χ4v) is 2.62. The lowest BCUT2D eigenvalue weighted by Gasteiger charge is -2.07. The Kier molecular flexibility index (Phi) is 5.98. The standard InChI is InChI=1S/C20H25F/c1-3-5-6-7-8-17-9-12-18(13-10-17)19-14-11-16(4-2)15-20(19)21/h9-15H,3-8H2,1-2H3. The van der Waals surface area contributed by atoms with Crippen molar-refractivity contribution < 1.29 is 4.39 Å². The largest absolute Gasteiger partial charge is 0.206 e. The van der Waals surface area contributed by atoms with Gasteiger partial charge < -0.3 is 0 Å². The molecule has 0 fully saturated rings. The maximum absolute atomic E-state index is 14.1. The molecule has 0 bridgehead atoms. The first-order valence-corrected chi connectivity index (χ1v) is 8.12. The van der Waals surface area contributed by atoms with E-state index < -0.39 is 0 Å². The highest BCUT2D eigenvalue weighted by molar-refractivity contribution is 5.64. The van der Waals surface area contributed by atoms with Crippen LogP contribution in [0.2, 0.25) is 0 Å². The molecule has 0 aromatic heterocycles. The molecule has 0 aliphatic heterocycles. The smallest absolute Gasteiger partial charge is 0.131 e. The minimum absolute atomic E-state index is 0.120. The van der Waals surface area contributed by atoms with Crippen LogP contribution in [0, 0.1) is 5.82 Å². The Labute approximate surface area is 128 Å². The first kappa shape index (κ1) is 15.8. The van der Waals surface area contributed by atoms with E-state index in [1.807, 2.05) is 31.2 Å². The lowest BCUT2D eigenvalue weighted by Crippen LogP contribution is -1.90. The van der Waals surface area contributed by atoms with Crippen LogP contribution in [0.4, 0.5) is 4.39 Å². The molecule has 0 unspecified atom stereocenters. The maximum atomic E-state index is 14.1. The van der Waals surface area contributed by atoms with E-state index in [9.17, 15) is 4.39 Å². The van der Waals surface area contributed by atoms with Crippen LogP contribution in [-0.4, -0.2) is 0 Å². The highest BCUT2D eigenvalue weighted by atomic mass is 19.1. The molecule has 0 N–H and O–H groups in total. The molecule has 0 saturated heterocycles. The quantitative estimate of drug-likeness (QED) is 0.533. The summed E-state index contributed by atoms with van der Waals surface area (Å²) in [6.07, 6.45) is 7.11. The SMILES string of the molecule is CCCCCCc1ccc(-c2ccc(CC)cc2F)cc1. The topological polar surface area (TPSA) is 0 Å². The molecule has 0 spiro atoms. The van der Waals surface area contributed by atoms with E-state index >= 15 is 0 Å². The van der Waals surface area contributed by atoms with Crippen molar-refractivity contribution in [1.82, 2.24) is 0 Å². The van der Waals surface area contributed by atoms with Crippen molar-refractivity contribution in [1.29, 1.82) is 0 Å². The van der Waals surface area contributed by atoms with Crippen molar-refractivity contribution >= 4 is 0 Å². The summed E-state index contributed by atoms with van der Waals surface area (Å²) in [5, 5.41) is 0. The van der Waals surface area contributed by atoms with Gasteiger partial charge in [-0.05, 0) is 42.0 Å². The first-order valence-electron chi connectivity index (χ1n) is 8.12. The van der Waals surface area contributed by atoms with Crippen molar-refractivity contribution in [3.05, 3.63) is 59.4 Å². The highest BCUT2D eigenvalue weighted by Crippen LogP contribution is 2.24. The molecular weight excluding hydrogens is 259 g/mol. The van der Waals surface area contributed by atoms with Gasteiger partial charge in [0.15, 0.2) is 0 Å². The normalized spacial score (nSPS) is 10.8. The van der Waals surface area contributed by atoms with Gasteiger partial charge >= 0.3 is 0 Å². The van der Waals surface area contributed by atoms with Crippen LogP contribution in [0.15, 0.2) is 42.5 Å². The molecule has 0 heterocycles. The number of unbranched alkanes of at least 4 members (excludes halogenated alkanes) is 3. The predicted octanol–water partition coefficient (Wildman–Crippen LogP) is 6.18. The fourth-order valence-electron chi connectivity index (χ4n) is 2.62. The Hall–Kier alpha value is -1.63. The van der Waals surface area contributed by atoms with Crippen molar-refractivity contribution in [2.45, 2.75) is 52.4 Å². The van der Waals surface area contributed by atoms with Gasteiger partial charge in [-0.1, -0.05) is 69.5 Å². The van der Waals surface area contributed by atoms with Crippen LogP contribution in [0.5, 0.6) is 0 Å². The van der Waals surface area contributed by atoms with E-state index in [2.05, 4.69) is 19.1 Å². The Balaban J connectivity index is 2.05. The second kappa shape index (κ2) is 7.97. The van der Waals surface area contributed by atoms with Crippen LogP contribution >= 0.6 is 0 Å². The van der Waals surface area contributed by atoms with Gasteiger partial charge in [0.1, 0.15) is 5.82 Å². The minimum atomic E-state index is -0.120. The Bertz CT molecular complexity index is 555. The summed E-state index contributed by atoms with van der Waals surface area (Å²) in [5.41, 5.74) is 4.06. The van der Waals surface area contributed by atoms with Crippen LogP contribution in [0.25, 0.3) is 11.1 Å². The zero-order valence-corrected chi connectivity index (χ0v) is 13.2. The number of hydrogen-bond acceptors (Lipinski definition) is 0. The average Bonchev–Trinajstić information content (AvgIpc) is 2.52. The van der Waals surface area contributed by atoms with Crippen LogP contribution in [0.1, 0.15) is 50.7 Å². The molecule has 0 saturated carbocycles. The summed E-state index contributed by atoms with van der Waals surface area (Å²) in [6.45, 7) is 4.27. The van der Waals surface area contributed by atoms with Crippen LogP contribution < -0.4 is 0 Å². The van der Waals surface area contributed by atoms with E-state index in [1.165, 1.54) is 31.2 Å². The zero-order chi connectivity index (χ0) is 15.1. The second-order valence-electron chi connectivity index (χ2n) is 5.68. The number of rotatable bonds is 7. The molecule has 1 heteroatoms. The lowest BCUT2D eigenvalue weighted by molar-refractivity contribution is 0.629. The summed E-state index contributed by atoms with van der Waals surface area (Å²) in [6, 6.07) is 13.9. The average molecular weight is 284 g/mol. The molecule has 0 aliphatic carbocycles. The van der Waals surface area contributed by atoms with Crippen LogP contribution in [-0.2, 0) is 12.8 Å². The van der Waals surface area contributed by atoms with E-state index in [-0.39, 0.29) is 5.82 Å². The third kappa shape index (κ3) is 4.42. The monoisotopic (exact) mass is 284 g/mol. The van der Waals surface area contributed by atoms with Gasteiger partial charge in [0, 0.05) is 5.56 Å². The molecule has 2 rings (SSSR count). The van der Waals surface area contributed by atoms with Gasteiger partial charge in [-0.15, -0.1) is 0 Å². The molecule has 0 atom stereocenters. The first-order chi connectivity index (χ1) is 10.2. The summed E-state index contributed by atoms with van der Waals surface area (Å²) in [5.74, 6) is -0.120. The van der Waals surface area contributed by atoms with Crippen molar-refractivity contribution in [2.75, 3.05) is 0 Å². The van der Waals surface area contributed by atoms with Gasteiger partial charge in [-0.25, -0.2) is 4.39 Å². The minimum Gasteiger partial charge on any atom is -0.206 e. The summed E-state index contributed by atoms with van der Waals surface area (Å²) in [4.78, 5) is 0. The summed E-state index contributed by atoms with van der Waals surface area (Å²) < 4.78 is 14.1. The Morgan fingerprint density at radius 1 is 0.810 bits per heavy atom. The highest BCUT2D eigenvalue weighted by Gasteiger charge is 2.05. The van der Waals surface area contributed by atoms with E-state index in [0.717, 1.165) is 24.0 Å². The maximum Gasteiger partial charge on any atom is 0.131 e. The van der Waals surface area contributed by atoms with E-state index in [1.54, 1.807) is 6.07 Å². The third-order valence-electron chi connectivity index (χ3n) is 4.03. The molecule has 2 aromatic rings. The Morgan fingerprint density at radius 3 is 2.14 bits per heavy atom. The molecule has 0 nitrogen and oxygen atoms in total. The fraction of sp³-hybridized carbons (Fsp3) is 0.400. The molecular formula is C20H25F. The molecule has 0 aliphatic rings. The third-order valence-corrected chi connectivity index (χ3v) is 4.03. The molecule has 21 heavy (non-hydrogen) atoms.